The molecule has 2 aromatic heterocycles. The second kappa shape index (κ2) is 18.6. The third kappa shape index (κ3) is 10.2. The number of benzene rings is 6. The molecule has 0 bridgehead atoms. The number of aromatic nitrogens is 2. The van der Waals surface area contributed by atoms with Crippen LogP contribution in [0.4, 0.5) is 11.4 Å². The molecule has 0 unspecified atom stereocenters. The van der Waals surface area contributed by atoms with Gasteiger partial charge in [0.2, 0.25) is 0 Å². The first-order valence-electron chi connectivity index (χ1n) is 27.3. The van der Waals surface area contributed by atoms with Gasteiger partial charge in [-0.1, -0.05) is 216 Å². The van der Waals surface area contributed by atoms with Gasteiger partial charge < -0.3 is 14.5 Å². The molecule has 8 aromatic rings. The molecule has 0 amide bonds. The topological polar surface area (TPSA) is 33.5 Å². The Morgan fingerprint density at radius 1 is 0.387 bits per heavy atom. The van der Waals surface area contributed by atoms with Crippen molar-refractivity contribution < 1.29 is 4.74 Å². The fourth-order valence-corrected chi connectivity index (χ4v) is 11.3. The van der Waals surface area contributed by atoms with E-state index in [9.17, 15) is 0 Å². The molecule has 0 radical (unpaired) electrons. The Morgan fingerprint density at radius 3 is 1.37 bits per heavy atom. The van der Waals surface area contributed by atoms with Gasteiger partial charge in [-0.15, -0.1) is 0 Å². The lowest BCUT2D eigenvalue weighted by molar-refractivity contribution is 0.444. The maximum absolute atomic E-state index is 7.46. The van der Waals surface area contributed by atoms with Crippen LogP contribution in [0.25, 0.3) is 27.6 Å². The second-order valence-corrected chi connectivity index (χ2v) is 27.6. The van der Waals surface area contributed by atoms with Crippen molar-refractivity contribution in [2.24, 2.45) is 10.8 Å². The number of hydrogen-bond acceptors (Lipinski definition) is 4. The van der Waals surface area contributed by atoms with Gasteiger partial charge in [0.05, 0.1) is 17.7 Å². The predicted octanol–water partition coefficient (Wildman–Crippen LogP) is 19.1. The molecule has 3 heterocycles. The Morgan fingerprint density at radius 2 is 0.853 bits per heavy atom. The van der Waals surface area contributed by atoms with Crippen LogP contribution in [-0.2, 0) is 27.1 Å². The number of fused-ring (bicyclic) bond motifs is 3. The minimum atomic E-state index is -0.400. The summed E-state index contributed by atoms with van der Waals surface area (Å²) < 4.78 is 9.82. The zero-order valence-corrected chi connectivity index (χ0v) is 48.8. The average molecular weight is 997 g/mol. The van der Waals surface area contributed by atoms with Crippen molar-refractivity contribution in [3.05, 3.63) is 202 Å². The van der Waals surface area contributed by atoms with Crippen molar-refractivity contribution in [3.8, 4) is 17.3 Å². The molecular weight excluding hydrogens is 913 g/mol. The summed E-state index contributed by atoms with van der Waals surface area (Å²) in [6.07, 6.45) is 1.97. The Balaban J connectivity index is 1.26. The van der Waals surface area contributed by atoms with Gasteiger partial charge in [0.15, 0.2) is 0 Å². The van der Waals surface area contributed by atoms with Crippen molar-refractivity contribution in [2.45, 2.75) is 159 Å². The fourth-order valence-electron chi connectivity index (χ4n) is 11.3. The number of nitrogens with zero attached hydrogens (tertiary/aromatic N) is 4. The van der Waals surface area contributed by atoms with Crippen molar-refractivity contribution in [2.75, 3.05) is 16.5 Å². The van der Waals surface area contributed by atoms with Crippen LogP contribution >= 0.6 is 0 Å². The Hall–Kier alpha value is -6.59. The number of rotatable bonds is 9. The quantitative estimate of drug-likeness (QED) is 0.144. The zero-order valence-electron chi connectivity index (χ0n) is 48.8. The lowest BCUT2D eigenvalue weighted by atomic mass is 9.76. The minimum Gasteiger partial charge on any atom is -0.457 e. The molecule has 390 valence electrons. The van der Waals surface area contributed by atoms with E-state index in [0.29, 0.717) is 6.67 Å². The second-order valence-electron chi connectivity index (χ2n) is 27.6. The first-order valence-corrected chi connectivity index (χ1v) is 27.3. The van der Waals surface area contributed by atoms with E-state index in [4.69, 9.17) is 9.72 Å². The van der Waals surface area contributed by atoms with Gasteiger partial charge in [0.1, 0.15) is 17.3 Å². The molecule has 0 saturated carbocycles. The van der Waals surface area contributed by atoms with E-state index in [-0.39, 0.29) is 32.5 Å². The third-order valence-electron chi connectivity index (χ3n) is 15.8. The monoisotopic (exact) mass is 997 g/mol. The van der Waals surface area contributed by atoms with E-state index in [2.05, 4.69) is 292 Å². The van der Waals surface area contributed by atoms with Crippen LogP contribution in [0.5, 0.6) is 11.5 Å². The highest BCUT2D eigenvalue weighted by atomic mass is 16.5. The molecule has 0 atom stereocenters. The summed E-state index contributed by atoms with van der Waals surface area (Å²) in [5.41, 5.74) is 14.8. The average Bonchev–Trinajstić information content (AvgIpc) is 3.93. The van der Waals surface area contributed by atoms with Crippen LogP contribution in [0, 0.1) is 10.8 Å². The Labute approximate surface area is 450 Å². The van der Waals surface area contributed by atoms with Crippen LogP contribution < -0.4 is 14.5 Å². The Kier molecular flexibility index (Phi) is 13.2. The van der Waals surface area contributed by atoms with E-state index < -0.39 is 5.41 Å². The summed E-state index contributed by atoms with van der Waals surface area (Å²) in [7, 11) is 0. The predicted molar refractivity (Wildman–Crippen MR) is 321 cm³/mol. The molecule has 1 aliphatic heterocycles. The number of anilines is 2. The third-order valence-corrected chi connectivity index (χ3v) is 15.8. The molecule has 0 fully saturated rings. The molecule has 9 rings (SSSR count). The number of allylic oxidation sites excluding steroid dienone is 2. The highest BCUT2D eigenvalue weighted by Gasteiger charge is 2.43. The molecule has 5 heteroatoms. The maximum Gasteiger partial charge on any atom is 0.137 e. The first kappa shape index (κ1) is 53.2. The molecule has 0 N–H and O–H groups in total. The van der Waals surface area contributed by atoms with Crippen molar-refractivity contribution in [1.29, 1.82) is 0 Å². The number of para-hydroxylation sites is 1. The summed E-state index contributed by atoms with van der Waals surface area (Å²) >= 11 is 0. The molecular formula is C70H84N4O. The smallest absolute Gasteiger partial charge is 0.137 e. The van der Waals surface area contributed by atoms with Gasteiger partial charge >= 0.3 is 0 Å². The number of hydrogen-bond donors (Lipinski definition) is 0. The highest BCUT2D eigenvalue weighted by molar-refractivity contribution is 6.12. The summed E-state index contributed by atoms with van der Waals surface area (Å²) in [4.78, 5) is 10.4. The van der Waals surface area contributed by atoms with Crippen molar-refractivity contribution >= 4 is 33.2 Å². The Bertz CT molecular complexity index is 3410. The van der Waals surface area contributed by atoms with Gasteiger partial charge in [0.25, 0.3) is 0 Å². The molecule has 0 aliphatic carbocycles. The number of pyridine rings is 1. The van der Waals surface area contributed by atoms with E-state index >= 15 is 0 Å². The summed E-state index contributed by atoms with van der Waals surface area (Å²) in [5.74, 6) is 2.46. The standard InChI is InChI=1S/C70H84N4O/c1-64(2,3)49-36-50(65(4,5)6)38-52(37-49)72-45-73(63(68(13,14)15)62(72)67(10,11)12)53-39-51(66(7,8)9)40-54(42-53)75-55-43-57(70(18,19)47-30-24-21-25-31-47)61-56-32-26-27-33-58(56)74(59(61)44-55)60-41-48(34-35-71-60)69(16,17)46-28-22-20-23-29-46/h20-44H,45H2,1-19H3. The van der Waals surface area contributed by atoms with E-state index in [1.807, 2.05) is 6.20 Å². The zero-order chi connectivity index (χ0) is 54.4. The largest absolute Gasteiger partial charge is 0.457 e. The number of ether oxygens (including phenoxy) is 1. The molecule has 0 saturated heterocycles. The lowest BCUT2D eigenvalue weighted by Crippen LogP contribution is -2.32. The van der Waals surface area contributed by atoms with E-state index in [1.54, 1.807) is 0 Å². The molecule has 5 nitrogen and oxygen atoms in total. The van der Waals surface area contributed by atoms with Crippen LogP contribution in [0.2, 0.25) is 0 Å². The highest BCUT2D eigenvalue weighted by Crippen LogP contribution is 2.51. The van der Waals surface area contributed by atoms with Crippen LogP contribution in [0.15, 0.2) is 163 Å². The summed E-state index contributed by atoms with van der Waals surface area (Å²) in [5, 5.41) is 2.38. The fraction of sp³-hybridized carbons (Fsp3) is 0.386. The van der Waals surface area contributed by atoms with Gasteiger partial charge in [0, 0.05) is 73.5 Å². The normalized spacial score (nSPS) is 14.4. The molecule has 1 aliphatic rings. The lowest BCUT2D eigenvalue weighted by Gasteiger charge is -2.35. The summed E-state index contributed by atoms with van der Waals surface area (Å²) in [6, 6.07) is 53.8. The van der Waals surface area contributed by atoms with Crippen molar-refractivity contribution in [1.82, 2.24) is 9.55 Å². The summed E-state index contributed by atoms with van der Waals surface area (Å²) in [6.45, 7) is 45.2. The SMILES string of the molecule is CC(C)(C)C1=C(C(C)(C)C)N(c2cc(C(C)(C)C)cc(C(C)(C)C)c2)CN1c1cc(Oc2cc(C(C)(C)c3ccccc3)c3c4ccccc4n(-c4cc(C(C)(C)c5ccccc5)ccn4)c3c2)cc(C(C)(C)C)c1. The van der Waals surface area contributed by atoms with Crippen molar-refractivity contribution in [3.63, 3.8) is 0 Å². The van der Waals surface area contributed by atoms with E-state index in [1.165, 1.54) is 66.8 Å². The first-order chi connectivity index (χ1) is 34.8. The van der Waals surface area contributed by atoms with Crippen LogP contribution in [-0.4, -0.2) is 16.2 Å². The van der Waals surface area contributed by atoms with Gasteiger partial charge in [-0.2, -0.15) is 0 Å². The molecule has 0 spiro atoms. The minimum absolute atomic E-state index is 0.0193. The van der Waals surface area contributed by atoms with Gasteiger partial charge in [-0.3, -0.25) is 4.57 Å². The maximum atomic E-state index is 7.46. The van der Waals surface area contributed by atoms with Crippen LogP contribution in [0.1, 0.15) is 170 Å². The molecule has 6 aromatic carbocycles. The van der Waals surface area contributed by atoms with Gasteiger partial charge in [-0.05, 0) is 104 Å². The van der Waals surface area contributed by atoms with Crippen LogP contribution in [0.3, 0.4) is 0 Å². The van der Waals surface area contributed by atoms with Gasteiger partial charge in [-0.25, -0.2) is 4.98 Å². The van der Waals surface area contributed by atoms with E-state index in [0.717, 1.165) is 34.0 Å². The molecule has 75 heavy (non-hydrogen) atoms.